The van der Waals surface area contributed by atoms with Gasteiger partial charge in [-0.25, -0.2) is 0 Å². The summed E-state index contributed by atoms with van der Waals surface area (Å²) >= 11 is 0. The standard InChI is InChI=1S/C13H22O6/c1-8(6-7-14)9-10(15-2)11(16-3)12(17-4)13(18-5)19-9/h6-7,9-13H,1-5H3/b8-6+/t9-,10-,11+,12-,13+/m1/s1. The summed E-state index contributed by atoms with van der Waals surface area (Å²) in [5, 5.41) is 0. The normalized spacial score (nSPS) is 36.3. The van der Waals surface area contributed by atoms with Crippen LogP contribution in [0.25, 0.3) is 0 Å². The Morgan fingerprint density at radius 2 is 1.53 bits per heavy atom. The van der Waals surface area contributed by atoms with E-state index in [1.165, 1.54) is 13.2 Å². The number of rotatable bonds is 6. The van der Waals surface area contributed by atoms with Gasteiger partial charge in [-0.1, -0.05) is 0 Å². The van der Waals surface area contributed by atoms with E-state index in [4.69, 9.17) is 23.7 Å². The van der Waals surface area contributed by atoms with E-state index in [1.807, 2.05) is 0 Å². The van der Waals surface area contributed by atoms with Crippen molar-refractivity contribution in [1.82, 2.24) is 0 Å². The first-order chi connectivity index (χ1) is 9.14. The van der Waals surface area contributed by atoms with Crippen LogP contribution >= 0.6 is 0 Å². The van der Waals surface area contributed by atoms with Gasteiger partial charge in [0.15, 0.2) is 6.29 Å². The second kappa shape index (κ2) is 7.72. The quantitative estimate of drug-likeness (QED) is 0.520. The minimum Gasteiger partial charge on any atom is -0.376 e. The average molecular weight is 274 g/mol. The zero-order valence-electron chi connectivity index (χ0n) is 12.0. The maximum absolute atomic E-state index is 10.6. The third-order valence-corrected chi connectivity index (χ3v) is 3.32. The van der Waals surface area contributed by atoms with Gasteiger partial charge in [0.1, 0.15) is 30.7 Å². The van der Waals surface area contributed by atoms with E-state index in [9.17, 15) is 4.79 Å². The van der Waals surface area contributed by atoms with E-state index in [0.29, 0.717) is 0 Å². The van der Waals surface area contributed by atoms with Crippen molar-refractivity contribution < 1.29 is 28.5 Å². The molecular weight excluding hydrogens is 252 g/mol. The highest BCUT2D eigenvalue weighted by molar-refractivity contribution is 5.66. The van der Waals surface area contributed by atoms with Crippen LogP contribution in [0, 0.1) is 0 Å². The summed E-state index contributed by atoms with van der Waals surface area (Å²) in [4.78, 5) is 10.6. The van der Waals surface area contributed by atoms with Crippen LogP contribution in [-0.2, 0) is 28.5 Å². The molecule has 6 heteroatoms. The lowest BCUT2D eigenvalue weighted by Crippen LogP contribution is -2.60. The van der Waals surface area contributed by atoms with Crippen molar-refractivity contribution >= 4 is 6.29 Å². The average Bonchev–Trinajstić information content (AvgIpc) is 2.44. The molecule has 0 aromatic heterocycles. The molecule has 6 nitrogen and oxygen atoms in total. The Bertz CT molecular complexity index is 316. The highest BCUT2D eigenvalue weighted by Gasteiger charge is 2.47. The van der Waals surface area contributed by atoms with Gasteiger partial charge in [-0.2, -0.15) is 0 Å². The maximum atomic E-state index is 10.6. The number of allylic oxidation sites excluding steroid dienone is 1. The SMILES string of the molecule is CO[C@H]1O[C@H](/C(C)=C/C=O)[C@@H](OC)[C@H](OC)[C@H]1OC. The number of ether oxygens (including phenoxy) is 5. The van der Waals surface area contributed by atoms with Gasteiger partial charge in [0, 0.05) is 28.4 Å². The van der Waals surface area contributed by atoms with Crippen LogP contribution in [0.1, 0.15) is 6.92 Å². The van der Waals surface area contributed by atoms with Gasteiger partial charge < -0.3 is 23.7 Å². The molecule has 1 aliphatic heterocycles. The fraction of sp³-hybridized carbons (Fsp3) is 0.769. The van der Waals surface area contributed by atoms with Gasteiger partial charge in [-0.15, -0.1) is 0 Å². The Balaban J connectivity index is 3.05. The monoisotopic (exact) mass is 274 g/mol. The molecule has 1 rings (SSSR count). The van der Waals surface area contributed by atoms with Crippen LogP contribution < -0.4 is 0 Å². The molecular formula is C13H22O6. The van der Waals surface area contributed by atoms with Crippen LogP contribution in [0.4, 0.5) is 0 Å². The molecule has 1 heterocycles. The van der Waals surface area contributed by atoms with Crippen molar-refractivity contribution in [2.45, 2.75) is 37.6 Å². The van der Waals surface area contributed by atoms with Crippen LogP contribution in [0.15, 0.2) is 11.6 Å². The highest BCUT2D eigenvalue weighted by Crippen LogP contribution is 2.30. The third kappa shape index (κ3) is 3.40. The van der Waals surface area contributed by atoms with Crippen molar-refractivity contribution in [3.8, 4) is 0 Å². The summed E-state index contributed by atoms with van der Waals surface area (Å²) in [6.07, 6.45) is 0.0325. The number of hydrogen-bond donors (Lipinski definition) is 0. The molecule has 110 valence electrons. The largest absolute Gasteiger partial charge is 0.376 e. The van der Waals surface area contributed by atoms with Crippen molar-refractivity contribution in [3.63, 3.8) is 0 Å². The Labute approximate surface area is 113 Å². The zero-order valence-corrected chi connectivity index (χ0v) is 12.0. The van der Waals surface area contributed by atoms with Gasteiger partial charge in [0.2, 0.25) is 0 Å². The van der Waals surface area contributed by atoms with Gasteiger partial charge in [0.05, 0.1) is 0 Å². The zero-order chi connectivity index (χ0) is 14.4. The molecule has 1 saturated heterocycles. The Hall–Kier alpha value is -0.790. The second-order valence-corrected chi connectivity index (χ2v) is 4.31. The predicted octanol–water partition coefficient (Wildman–Crippen LogP) is 0.548. The Morgan fingerprint density at radius 3 is 1.95 bits per heavy atom. The number of hydrogen-bond acceptors (Lipinski definition) is 6. The first kappa shape index (κ1) is 16.3. The van der Waals surface area contributed by atoms with E-state index < -0.39 is 18.5 Å². The van der Waals surface area contributed by atoms with Crippen LogP contribution in [0.2, 0.25) is 0 Å². The molecule has 1 aliphatic rings. The van der Waals surface area contributed by atoms with Gasteiger partial charge in [0.25, 0.3) is 0 Å². The smallest absolute Gasteiger partial charge is 0.186 e. The molecule has 0 aromatic rings. The highest BCUT2D eigenvalue weighted by atomic mass is 16.7. The minimum atomic E-state index is -0.582. The molecule has 0 amide bonds. The fourth-order valence-corrected chi connectivity index (χ4v) is 2.34. The predicted molar refractivity (Wildman–Crippen MR) is 67.9 cm³/mol. The topological polar surface area (TPSA) is 63.2 Å². The minimum absolute atomic E-state index is 0.353. The number of carbonyl (C=O) groups is 1. The lowest BCUT2D eigenvalue weighted by molar-refractivity contribution is -0.295. The summed E-state index contributed by atoms with van der Waals surface area (Å²) < 4.78 is 27.4. The van der Waals surface area contributed by atoms with Crippen LogP contribution in [-0.4, -0.2) is 65.4 Å². The van der Waals surface area contributed by atoms with Crippen LogP contribution in [0.3, 0.4) is 0 Å². The molecule has 0 unspecified atom stereocenters. The molecule has 0 N–H and O–H groups in total. The molecule has 0 spiro atoms. The summed E-state index contributed by atoms with van der Waals surface area (Å²) in [6, 6.07) is 0. The number of methoxy groups -OCH3 is 4. The molecule has 5 atom stereocenters. The van der Waals surface area contributed by atoms with Crippen molar-refractivity contribution in [2.75, 3.05) is 28.4 Å². The Morgan fingerprint density at radius 1 is 0.947 bits per heavy atom. The molecule has 0 radical (unpaired) electrons. The summed E-state index contributed by atoms with van der Waals surface area (Å²) in [6.45, 7) is 1.80. The lowest BCUT2D eigenvalue weighted by atomic mass is 9.93. The number of carbonyl (C=O) groups excluding carboxylic acids is 1. The van der Waals surface area contributed by atoms with E-state index >= 15 is 0 Å². The lowest BCUT2D eigenvalue weighted by Gasteiger charge is -2.44. The molecule has 0 aromatic carbocycles. The third-order valence-electron chi connectivity index (χ3n) is 3.32. The van der Waals surface area contributed by atoms with Crippen LogP contribution in [0.5, 0.6) is 0 Å². The van der Waals surface area contributed by atoms with E-state index in [1.54, 1.807) is 28.3 Å². The van der Waals surface area contributed by atoms with E-state index in [2.05, 4.69) is 0 Å². The molecule has 19 heavy (non-hydrogen) atoms. The van der Waals surface area contributed by atoms with E-state index in [-0.39, 0.29) is 12.2 Å². The maximum Gasteiger partial charge on any atom is 0.186 e. The Kier molecular flexibility index (Phi) is 6.60. The van der Waals surface area contributed by atoms with Gasteiger partial charge >= 0.3 is 0 Å². The van der Waals surface area contributed by atoms with E-state index in [0.717, 1.165) is 11.9 Å². The molecule has 0 saturated carbocycles. The first-order valence-electron chi connectivity index (χ1n) is 6.03. The second-order valence-electron chi connectivity index (χ2n) is 4.31. The van der Waals surface area contributed by atoms with Crippen molar-refractivity contribution in [1.29, 1.82) is 0 Å². The fourth-order valence-electron chi connectivity index (χ4n) is 2.34. The first-order valence-corrected chi connectivity index (χ1v) is 6.03. The summed E-state index contributed by atoms with van der Waals surface area (Å²) in [5.74, 6) is 0. The van der Waals surface area contributed by atoms with Gasteiger partial charge in [-0.05, 0) is 18.6 Å². The molecule has 1 fully saturated rings. The summed E-state index contributed by atoms with van der Waals surface area (Å²) in [5.41, 5.74) is 0.750. The number of aldehydes is 1. The molecule has 0 bridgehead atoms. The van der Waals surface area contributed by atoms with Crippen molar-refractivity contribution in [2.24, 2.45) is 0 Å². The van der Waals surface area contributed by atoms with Crippen molar-refractivity contribution in [3.05, 3.63) is 11.6 Å². The summed E-state index contributed by atoms with van der Waals surface area (Å²) in [7, 11) is 6.25. The van der Waals surface area contributed by atoms with Gasteiger partial charge in [-0.3, -0.25) is 4.79 Å². The molecule has 0 aliphatic carbocycles.